The van der Waals surface area contributed by atoms with E-state index in [-0.39, 0.29) is 0 Å². The predicted octanol–water partition coefficient (Wildman–Crippen LogP) is 3.34. The molecule has 1 fully saturated rings. The summed E-state index contributed by atoms with van der Waals surface area (Å²) in [5, 5.41) is 4.56. The Morgan fingerprint density at radius 2 is 1.83 bits per heavy atom. The van der Waals surface area contributed by atoms with Crippen molar-refractivity contribution in [3.63, 3.8) is 0 Å². The van der Waals surface area contributed by atoms with Gasteiger partial charge in [0, 0.05) is 18.3 Å². The van der Waals surface area contributed by atoms with Crippen molar-refractivity contribution in [2.75, 3.05) is 27.9 Å². The lowest BCUT2D eigenvalue weighted by atomic mass is 10.1. The number of nitrogens with zero attached hydrogens (tertiary/aromatic N) is 1. The van der Waals surface area contributed by atoms with Crippen LogP contribution in [0.4, 0.5) is 0 Å². The standard InChI is InChI=1S/C17H22N2O3S/c1-20-13-6-12(7-14(21-2)17(13)22-3)15-9-19-16(23-15)10-18-8-11-4-5-11/h6-7,9,11,18H,4-5,8,10H2,1-3H3. The molecule has 0 radical (unpaired) electrons. The smallest absolute Gasteiger partial charge is 0.203 e. The molecule has 2 aromatic rings. The van der Waals surface area contributed by atoms with E-state index < -0.39 is 0 Å². The molecule has 1 saturated carbocycles. The Balaban J connectivity index is 1.78. The highest BCUT2D eigenvalue weighted by atomic mass is 32.1. The van der Waals surface area contributed by atoms with Gasteiger partial charge in [-0.15, -0.1) is 11.3 Å². The van der Waals surface area contributed by atoms with Crippen molar-refractivity contribution in [2.45, 2.75) is 19.4 Å². The molecule has 23 heavy (non-hydrogen) atoms. The number of hydrogen-bond acceptors (Lipinski definition) is 6. The highest BCUT2D eigenvalue weighted by Crippen LogP contribution is 2.42. The van der Waals surface area contributed by atoms with Crippen LogP contribution in [0.1, 0.15) is 17.8 Å². The Morgan fingerprint density at radius 1 is 1.13 bits per heavy atom. The summed E-state index contributed by atoms with van der Waals surface area (Å²) in [5.41, 5.74) is 1.02. The minimum absolute atomic E-state index is 0.606. The highest BCUT2D eigenvalue weighted by molar-refractivity contribution is 7.15. The van der Waals surface area contributed by atoms with Crippen molar-refractivity contribution in [1.82, 2.24) is 10.3 Å². The molecule has 0 spiro atoms. The third-order valence-electron chi connectivity index (χ3n) is 3.91. The Kier molecular flexibility index (Phi) is 5.03. The van der Waals surface area contributed by atoms with Gasteiger partial charge in [0.25, 0.3) is 0 Å². The van der Waals surface area contributed by atoms with E-state index in [0.29, 0.717) is 17.2 Å². The summed E-state index contributed by atoms with van der Waals surface area (Å²) >= 11 is 1.68. The Hall–Kier alpha value is -1.79. The maximum atomic E-state index is 5.41. The van der Waals surface area contributed by atoms with E-state index in [9.17, 15) is 0 Å². The third-order valence-corrected chi connectivity index (χ3v) is 4.96. The lowest BCUT2D eigenvalue weighted by Crippen LogP contribution is -2.15. The van der Waals surface area contributed by atoms with Crippen molar-refractivity contribution in [2.24, 2.45) is 5.92 Å². The quantitative estimate of drug-likeness (QED) is 0.802. The summed E-state index contributed by atoms with van der Waals surface area (Å²) in [7, 11) is 4.86. The van der Waals surface area contributed by atoms with Crippen LogP contribution >= 0.6 is 11.3 Å². The van der Waals surface area contributed by atoms with Crippen molar-refractivity contribution in [3.8, 4) is 27.7 Å². The lowest BCUT2D eigenvalue weighted by molar-refractivity contribution is 0.324. The fourth-order valence-corrected chi connectivity index (χ4v) is 3.33. The monoisotopic (exact) mass is 334 g/mol. The minimum Gasteiger partial charge on any atom is -0.493 e. The van der Waals surface area contributed by atoms with E-state index >= 15 is 0 Å². The number of benzene rings is 1. The molecule has 1 heterocycles. The first-order valence-corrected chi connectivity index (χ1v) is 8.52. The van der Waals surface area contributed by atoms with Crippen LogP contribution < -0.4 is 19.5 Å². The van der Waals surface area contributed by atoms with Gasteiger partial charge in [-0.25, -0.2) is 4.98 Å². The Labute approximate surface area is 140 Å². The summed E-state index contributed by atoms with van der Waals surface area (Å²) in [5.74, 6) is 2.80. The molecule has 5 nitrogen and oxygen atoms in total. The maximum Gasteiger partial charge on any atom is 0.203 e. The summed E-state index contributed by atoms with van der Waals surface area (Å²) in [6.45, 7) is 1.92. The van der Waals surface area contributed by atoms with Gasteiger partial charge in [-0.3, -0.25) is 0 Å². The van der Waals surface area contributed by atoms with Crippen LogP contribution in [-0.4, -0.2) is 32.9 Å². The van der Waals surface area contributed by atoms with Crippen LogP contribution in [0.2, 0.25) is 0 Å². The second kappa shape index (κ2) is 7.19. The van der Waals surface area contributed by atoms with E-state index in [2.05, 4.69) is 10.3 Å². The molecule has 0 saturated heterocycles. The number of rotatable bonds is 8. The molecule has 1 aromatic heterocycles. The molecule has 1 aliphatic rings. The molecular weight excluding hydrogens is 312 g/mol. The molecule has 0 amide bonds. The van der Waals surface area contributed by atoms with Gasteiger partial charge >= 0.3 is 0 Å². The third kappa shape index (κ3) is 3.76. The number of thiazole rings is 1. The zero-order valence-electron chi connectivity index (χ0n) is 13.7. The van der Waals surface area contributed by atoms with E-state index in [0.717, 1.165) is 34.5 Å². The van der Waals surface area contributed by atoms with Crippen LogP contribution in [0, 0.1) is 5.92 Å². The maximum absolute atomic E-state index is 5.41. The zero-order chi connectivity index (χ0) is 16.2. The number of ether oxygens (including phenoxy) is 3. The Morgan fingerprint density at radius 3 is 2.39 bits per heavy atom. The second-order valence-electron chi connectivity index (χ2n) is 5.61. The summed E-state index contributed by atoms with van der Waals surface area (Å²) in [6.07, 6.45) is 4.63. The van der Waals surface area contributed by atoms with Crippen LogP contribution in [0.5, 0.6) is 17.2 Å². The molecule has 0 atom stereocenters. The fraction of sp³-hybridized carbons (Fsp3) is 0.471. The first-order valence-electron chi connectivity index (χ1n) is 7.71. The zero-order valence-corrected chi connectivity index (χ0v) is 14.5. The van der Waals surface area contributed by atoms with Gasteiger partial charge < -0.3 is 19.5 Å². The van der Waals surface area contributed by atoms with Gasteiger partial charge in [0.2, 0.25) is 5.75 Å². The van der Waals surface area contributed by atoms with Crippen molar-refractivity contribution >= 4 is 11.3 Å². The number of hydrogen-bond donors (Lipinski definition) is 1. The van der Waals surface area contributed by atoms with Gasteiger partial charge in [-0.05, 0) is 37.4 Å². The number of aromatic nitrogens is 1. The molecule has 3 rings (SSSR count). The molecule has 124 valence electrons. The van der Waals surface area contributed by atoms with Crippen LogP contribution in [0.25, 0.3) is 10.4 Å². The van der Waals surface area contributed by atoms with E-state index in [1.165, 1.54) is 12.8 Å². The second-order valence-corrected chi connectivity index (χ2v) is 6.72. The molecule has 0 aliphatic heterocycles. The van der Waals surface area contributed by atoms with Crippen molar-refractivity contribution in [3.05, 3.63) is 23.3 Å². The largest absolute Gasteiger partial charge is 0.493 e. The predicted molar refractivity (Wildman–Crippen MR) is 91.6 cm³/mol. The van der Waals surface area contributed by atoms with Gasteiger partial charge in [-0.2, -0.15) is 0 Å². The van der Waals surface area contributed by atoms with E-state index in [4.69, 9.17) is 14.2 Å². The van der Waals surface area contributed by atoms with E-state index in [1.54, 1.807) is 32.7 Å². The summed E-state index contributed by atoms with van der Waals surface area (Å²) in [6, 6.07) is 3.91. The van der Waals surface area contributed by atoms with Crippen LogP contribution in [0.3, 0.4) is 0 Å². The van der Waals surface area contributed by atoms with E-state index in [1.807, 2.05) is 18.3 Å². The molecule has 1 aliphatic carbocycles. The van der Waals surface area contributed by atoms with Crippen molar-refractivity contribution < 1.29 is 14.2 Å². The van der Waals surface area contributed by atoms with Gasteiger partial charge in [0.05, 0.1) is 26.2 Å². The lowest BCUT2D eigenvalue weighted by Gasteiger charge is -2.13. The van der Waals surface area contributed by atoms with Crippen molar-refractivity contribution in [1.29, 1.82) is 0 Å². The minimum atomic E-state index is 0.606. The molecule has 1 N–H and O–H groups in total. The first kappa shape index (κ1) is 16.1. The highest BCUT2D eigenvalue weighted by Gasteiger charge is 2.20. The van der Waals surface area contributed by atoms with Gasteiger partial charge in [-0.1, -0.05) is 0 Å². The summed E-state index contributed by atoms with van der Waals surface area (Å²) < 4.78 is 16.2. The fourth-order valence-electron chi connectivity index (χ4n) is 2.45. The topological polar surface area (TPSA) is 52.6 Å². The molecule has 1 aromatic carbocycles. The number of nitrogens with one attached hydrogen (secondary N) is 1. The van der Waals surface area contributed by atoms with Gasteiger partial charge in [0.1, 0.15) is 5.01 Å². The normalized spacial score (nSPS) is 13.9. The van der Waals surface area contributed by atoms with Gasteiger partial charge in [0.15, 0.2) is 11.5 Å². The first-order chi connectivity index (χ1) is 11.2. The van der Waals surface area contributed by atoms with Crippen LogP contribution in [-0.2, 0) is 6.54 Å². The SMILES string of the molecule is COc1cc(-c2cnc(CNCC3CC3)s2)cc(OC)c1OC. The van der Waals surface area contributed by atoms with Crippen LogP contribution in [0.15, 0.2) is 18.3 Å². The molecule has 6 heteroatoms. The summed E-state index contributed by atoms with van der Waals surface area (Å²) in [4.78, 5) is 5.60. The Bertz CT molecular complexity index is 643. The average molecular weight is 334 g/mol. The molecular formula is C17H22N2O3S. The molecule has 0 bridgehead atoms. The number of methoxy groups -OCH3 is 3. The average Bonchev–Trinajstić information content (AvgIpc) is 3.29. The molecule has 0 unspecified atom stereocenters.